The van der Waals surface area contributed by atoms with Crippen molar-refractivity contribution in [2.24, 2.45) is 0 Å². The molecule has 0 saturated carbocycles. The Bertz CT molecular complexity index is 619. The Morgan fingerprint density at radius 2 is 2.35 bits per heavy atom. The smallest absolute Gasteiger partial charge is 0.292 e. The lowest BCUT2D eigenvalue weighted by atomic mass is 10.1. The van der Waals surface area contributed by atoms with Crippen molar-refractivity contribution >= 4 is 5.91 Å². The summed E-state index contributed by atoms with van der Waals surface area (Å²) in [5.74, 6) is 0.122. The summed E-state index contributed by atoms with van der Waals surface area (Å²) in [4.78, 5) is 18.3. The molecule has 0 radical (unpaired) electrons. The van der Waals surface area contributed by atoms with Crippen LogP contribution in [0.25, 0.3) is 0 Å². The summed E-state index contributed by atoms with van der Waals surface area (Å²) >= 11 is 0. The number of oxazole rings is 1. The first kappa shape index (κ1) is 12.9. The van der Waals surface area contributed by atoms with Gasteiger partial charge in [-0.15, -0.1) is 0 Å². The van der Waals surface area contributed by atoms with Gasteiger partial charge in [0.2, 0.25) is 5.76 Å². The second-order valence-corrected chi connectivity index (χ2v) is 4.82. The highest BCUT2D eigenvalue weighted by atomic mass is 16.5. The van der Waals surface area contributed by atoms with E-state index in [9.17, 15) is 4.79 Å². The molecule has 1 fully saturated rings. The number of nitrogens with zero attached hydrogens (tertiary/aromatic N) is 3. The number of aromatic amines is 1. The first-order valence-corrected chi connectivity index (χ1v) is 6.47. The number of amides is 1. The van der Waals surface area contributed by atoms with Crippen molar-refractivity contribution in [1.29, 1.82) is 0 Å². The molecule has 7 heteroatoms. The van der Waals surface area contributed by atoms with Crippen LogP contribution >= 0.6 is 0 Å². The van der Waals surface area contributed by atoms with Crippen molar-refractivity contribution < 1.29 is 13.9 Å². The van der Waals surface area contributed by atoms with Gasteiger partial charge in [0, 0.05) is 6.54 Å². The number of aryl methyl sites for hydroxylation is 2. The van der Waals surface area contributed by atoms with Gasteiger partial charge in [-0.1, -0.05) is 0 Å². The van der Waals surface area contributed by atoms with Crippen LogP contribution in [0.4, 0.5) is 0 Å². The monoisotopic (exact) mass is 276 g/mol. The van der Waals surface area contributed by atoms with Crippen molar-refractivity contribution in [3.05, 3.63) is 35.3 Å². The SMILES string of the molecule is Cc1cn[nH]c1[C@@H]1COCCN1C(=O)c1ocnc1C. The maximum absolute atomic E-state index is 12.6. The van der Waals surface area contributed by atoms with Gasteiger partial charge in [0.15, 0.2) is 6.39 Å². The summed E-state index contributed by atoms with van der Waals surface area (Å²) in [5, 5.41) is 6.97. The second-order valence-electron chi connectivity index (χ2n) is 4.82. The first-order valence-electron chi connectivity index (χ1n) is 6.47. The fourth-order valence-electron chi connectivity index (χ4n) is 2.42. The lowest BCUT2D eigenvalue weighted by Crippen LogP contribution is -2.43. The molecule has 0 bridgehead atoms. The highest BCUT2D eigenvalue weighted by Gasteiger charge is 2.33. The molecule has 0 spiro atoms. The number of rotatable bonds is 2. The largest absolute Gasteiger partial charge is 0.438 e. The summed E-state index contributed by atoms with van der Waals surface area (Å²) < 4.78 is 10.7. The van der Waals surface area contributed by atoms with E-state index in [0.29, 0.717) is 25.5 Å². The summed E-state index contributed by atoms with van der Waals surface area (Å²) in [7, 11) is 0. The Labute approximate surface area is 115 Å². The Morgan fingerprint density at radius 1 is 1.50 bits per heavy atom. The number of hydrogen-bond acceptors (Lipinski definition) is 5. The molecule has 1 aliphatic heterocycles. The fraction of sp³-hybridized carbons (Fsp3) is 0.462. The van der Waals surface area contributed by atoms with Gasteiger partial charge in [0.05, 0.1) is 36.8 Å². The van der Waals surface area contributed by atoms with Crippen molar-refractivity contribution in [1.82, 2.24) is 20.1 Å². The minimum Gasteiger partial charge on any atom is -0.438 e. The molecule has 1 saturated heterocycles. The van der Waals surface area contributed by atoms with E-state index < -0.39 is 0 Å². The zero-order valence-electron chi connectivity index (χ0n) is 11.4. The van der Waals surface area contributed by atoms with E-state index in [0.717, 1.165) is 11.3 Å². The number of hydrogen-bond donors (Lipinski definition) is 1. The highest BCUT2D eigenvalue weighted by Crippen LogP contribution is 2.27. The van der Waals surface area contributed by atoms with Crippen molar-refractivity contribution in [2.45, 2.75) is 19.9 Å². The van der Waals surface area contributed by atoms with E-state index >= 15 is 0 Å². The third-order valence-electron chi connectivity index (χ3n) is 3.53. The van der Waals surface area contributed by atoms with E-state index in [1.165, 1.54) is 6.39 Å². The molecule has 3 rings (SSSR count). The number of aromatic nitrogens is 3. The molecule has 20 heavy (non-hydrogen) atoms. The summed E-state index contributed by atoms with van der Waals surface area (Å²) in [6.45, 7) is 5.19. The number of H-pyrrole nitrogens is 1. The molecule has 1 N–H and O–H groups in total. The van der Waals surface area contributed by atoms with Crippen LogP contribution in [0.1, 0.15) is 33.5 Å². The lowest BCUT2D eigenvalue weighted by Gasteiger charge is -2.34. The molecule has 0 aromatic carbocycles. The van der Waals surface area contributed by atoms with Gasteiger partial charge in [-0.3, -0.25) is 9.89 Å². The highest BCUT2D eigenvalue weighted by molar-refractivity contribution is 5.92. The second kappa shape index (κ2) is 5.09. The zero-order chi connectivity index (χ0) is 14.1. The van der Waals surface area contributed by atoms with Gasteiger partial charge < -0.3 is 14.1 Å². The van der Waals surface area contributed by atoms with E-state index in [4.69, 9.17) is 9.15 Å². The number of nitrogens with one attached hydrogen (secondary N) is 1. The van der Waals surface area contributed by atoms with Crippen molar-refractivity contribution in [2.75, 3.05) is 19.8 Å². The normalized spacial score (nSPS) is 19.3. The van der Waals surface area contributed by atoms with Crippen LogP contribution in [0.3, 0.4) is 0 Å². The number of carbonyl (C=O) groups excluding carboxylic acids is 1. The molecule has 3 heterocycles. The van der Waals surface area contributed by atoms with Crippen molar-refractivity contribution in [3.8, 4) is 0 Å². The number of ether oxygens (including phenoxy) is 1. The third kappa shape index (κ3) is 2.09. The van der Waals surface area contributed by atoms with Gasteiger partial charge in [-0.05, 0) is 19.4 Å². The molecule has 0 unspecified atom stereocenters. The molecule has 2 aromatic heterocycles. The summed E-state index contributed by atoms with van der Waals surface area (Å²) in [6, 6.07) is -0.178. The molecular weight excluding hydrogens is 260 g/mol. The van der Waals surface area contributed by atoms with Crippen LogP contribution < -0.4 is 0 Å². The average Bonchev–Trinajstić information content (AvgIpc) is 3.06. The van der Waals surface area contributed by atoms with Crippen LogP contribution in [0.15, 0.2) is 17.0 Å². The number of morpholine rings is 1. The molecule has 1 aliphatic rings. The average molecular weight is 276 g/mol. The summed E-state index contributed by atoms with van der Waals surface area (Å²) in [6.07, 6.45) is 3.03. The Hall–Kier alpha value is -2.15. The molecule has 106 valence electrons. The minimum atomic E-state index is -0.178. The van der Waals surface area contributed by atoms with E-state index in [1.54, 1.807) is 18.0 Å². The maximum Gasteiger partial charge on any atom is 0.292 e. The first-order chi connectivity index (χ1) is 9.68. The van der Waals surface area contributed by atoms with E-state index in [2.05, 4.69) is 15.2 Å². The predicted molar refractivity (Wildman–Crippen MR) is 69.2 cm³/mol. The van der Waals surface area contributed by atoms with Gasteiger partial charge in [-0.2, -0.15) is 5.10 Å². The van der Waals surface area contributed by atoms with Gasteiger partial charge in [-0.25, -0.2) is 4.98 Å². The Kier molecular flexibility index (Phi) is 3.27. The van der Waals surface area contributed by atoms with Crippen LogP contribution in [0.2, 0.25) is 0 Å². The standard InChI is InChI=1S/C13H16N4O3/c1-8-5-15-16-11(8)10-6-19-4-3-17(10)13(18)12-9(2)14-7-20-12/h5,7,10H,3-4,6H2,1-2H3,(H,15,16)/t10-/m0/s1. The van der Waals surface area contributed by atoms with Crippen LogP contribution in [0.5, 0.6) is 0 Å². The quantitative estimate of drug-likeness (QED) is 0.891. The maximum atomic E-state index is 12.6. The van der Waals surface area contributed by atoms with Crippen molar-refractivity contribution in [3.63, 3.8) is 0 Å². The van der Waals surface area contributed by atoms with E-state index in [-0.39, 0.29) is 17.7 Å². The van der Waals surface area contributed by atoms with Gasteiger partial charge in [0.25, 0.3) is 5.91 Å². The molecule has 1 atom stereocenters. The molecule has 7 nitrogen and oxygen atoms in total. The predicted octanol–water partition coefficient (Wildman–Crippen LogP) is 1.23. The Balaban J connectivity index is 1.92. The fourth-order valence-corrected chi connectivity index (χ4v) is 2.42. The minimum absolute atomic E-state index is 0.165. The van der Waals surface area contributed by atoms with Crippen LogP contribution in [-0.4, -0.2) is 45.7 Å². The lowest BCUT2D eigenvalue weighted by molar-refractivity contribution is -0.00567. The zero-order valence-corrected chi connectivity index (χ0v) is 11.4. The van der Waals surface area contributed by atoms with Gasteiger partial charge >= 0.3 is 0 Å². The van der Waals surface area contributed by atoms with Crippen LogP contribution in [0, 0.1) is 13.8 Å². The summed E-state index contributed by atoms with van der Waals surface area (Å²) in [5.41, 5.74) is 2.50. The molecular formula is C13H16N4O3. The molecule has 2 aromatic rings. The Morgan fingerprint density at radius 3 is 3.00 bits per heavy atom. The van der Waals surface area contributed by atoms with Crippen LogP contribution in [-0.2, 0) is 4.74 Å². The third-order valence-corrected chi connectivity index (χ3v) is 3.53. The van der Waals surface area contributed by atoms with E-state index in [1.807, 2.05) is 6.92 Å². The van der Waals surface area contributed by atoms with Gasteiger partial charge in [0.1, 0.15) is 0 Å². The molecule has 1 amide bonds. The molecule has 0 aliphatic carbocycles. The topological polar surface area (TPSA) is 84.2 Å². The number of carbonyl (C=O) groups is 1.